The van der Waals surface area contributed by atoms with Crippen LogP contribution in [-0.4, -0.2) is 29.0 Å². The molecule has 5 nitrogen and oxygen atoms in total. The molecule has 0 spiro atoms. The largest absolute Gasteiger partial charge is 0.497 e. The van der Waals surface area contributed by atoms with E-state index in [1.807, 2.05) is 53.1 Å². The summed E-state index contributed by atoms with van der Waals surface area (Å²) in [6, 6.07) is 22.0. The van der Waals surface area contributed by atoms with Crippen LogP contribution >= 0.6 is 11.8 Å². The Morgan fingerprint density at radius 3 is 2.17 bits per heavy atom. The van der Waals surface area contributed by atoms with E-state index in [1.165, 1.54) is 12.1 Å². The number of benzene rings is 3. The molecule has 0 N–H and O–H groups in total. The fourth-order valence-electron chi connectivity index (χ4n) is 3.03. The van der Waals surface area contributed by atoms with Gasteiger partial charge in [-0.3, -0.25) is 4.57 Å². The lowest BCUT2D eigenvalue weighted by Crippen LogP contribution is -2.00. The van der Waals surface area contributed by atoms with Crippen LogP contribution in [0.15, 0.2) is 78.0 Å². The number of hydrogen-bond acceptors (Lipinski definition) is 5. The van der Waals surface area contributed by atoms with Crippen LogP contribution in [0.3, 0.4) is 0 Å². The fraction of sp³-hybridized carbons (Fsp3) is 0.130. The van der Waals surface area contributed by atoms with Gasteiger partial charge in [0.15, 0.2) is 11.0 Å². The van der Waals surface area contributed by atoms with E-state index < -0.39 is 0 Å². The zero-order chi connectivity index (χ0) is 20.9. The number of ether oxygens (including phenoxy) is 2. The average Bonchev–Trinajstić information content (AvgIpc) is 3.23. The first kappa shape index (κ1) is 20.0. The van der Waals surface area contributed by atoms with Crippen LogP contribution in [0.5, 0.6) is 11.5 Å². The van der Waals surface area contributed by atoms with E-state index in [4.69, 9.17) is 9.47 Å². The summed E-state index contributed by atoms with van der Waals surface area (Å²) in [5.41, 5.74) is 2.78. The lowest BCUT2D eigenvalue weighted by atomic mass is 10.2. The third kappa shape index (κ3) is 4.31. The smallest absolute Gasteiger partial charge is 0.196 e. The van der Waals surface area contributed by atoms with Gasteiger partial charge in [-0.15, -0.1) is 10.2 Å². The van der Waals surface area contributed by atoms with Crippen molar-refractivity contribution in [1.29, 1.82) is 0 Å². The van der Waals surface area contributed by atoms with Gasteiger partial charge in [-0.25, -0.2) is 4.39 Å². The van der Waals surface area contributed by atoms with Crippen molar-refractivity contribution in [3.05, 3.63) is 84.2 Å². The molecular formula is C23H20FN3O2S. The predicted octanol–water partition coefficient (Wildman–Crippen LogP) is 5.38. The van der Waals surface area contributed by atoms with Crippen molar-refractivity contribution in [2.45, 2.75) is 10.9 Å². The van der Waals surface area contributed by atoms with Gasteiger partial charge in [0, 0.05) is 23.1 Å². The number of methoxy groups -OCH3 is 2. The van der Waals surface area contributed by atoms with Crippen LogP contribution in [0.4, 0.5) is 4.39 Å². The summed E-state index contributed by atoms with van der Waals surface area (Å²) in [6.07, 6.45) is 0. The van der Waals surface area contributed by atoms with Crippen molar-refractivity contribution in [3.63, 3.8) is 0 Å². The van der Waals surface area contributed by atoms with E-state index in [0.717, 1.165) is 22.0 Å². The van der Waals surface area contributed by atoms with Crippen molar-refractivity contribution in [2.75, 3.05) is 14.2 Å². The first-order chi connectivity index (χ1) is 14.7. The number of para-hydroxylation sites is 1. The second kappa shape index (κ2) is 9.00. The quantitative estimate of drug-likeness (QED) is 0.375. The van der Waals surface area contributed by atoms with E-state index in [0.29, 0.717) is 23.1 Å². The number of nitrogens with zero attached hydrogens (tertiary/aromatic N) is 3. The average molecular weight is 421 g/mol. The molecule has 0 bridgehead atoms. The summed E-state index contributed by atoms with van der Waals surface area (Å²) in [7, 11) is 3.23. The summed E-state index contributed by atoms with van der Waals surface area (Å²) in [5, 5.41) is 9.63. The molecule has 3 aromatic carbocycles. The topological polar surface area (TPSA) is 49.2 Å². The molecule has 0 atom stereocenters. The Labute approximate surface area is 178 Å². The van der Waals surface area contributed by atoms with Crippen LogP contribution in [0.1, 0.15) is 5.56 Å². The van der Waals surface area contributed by atoms with Crippen molar-refractivity contribution in [1.82, 2.24) is 14.8 Å². The molecule has 4 rings (SSSR count). The standard InChI is InChI=1S/C23H20FN3O2S/c1-28-20-12-17(13-21(14-20)29-2)22-25-26-23(27(22)19-6-4-3-5-7-19)30-15-16-8-10-18(24)11-9-16/h3-14H,15H2,1-2H3. The van der Waals surface area contributed by atoms with Crippen LogP contribution in [0, 0.1) is 5.82 Å². The minimum absolute atomic E-state index is 0.245. The Morgan fingerprint density at radius 1 is 0.867 bits per heavy atom. The third-order valence-electron chi connectivity index (χ3n) is 4.54. The van der Waals surface area contributed by atoms with Crippen molar-refractivity contribution < 1.29 is 13.9 Å². The van der Waals surface area contributed by atoms with Gasteiger partial charge in [0.25, 0.3) is 0 Å². The molecule has 0 aliphatic carbocycles. The van der Waals surface area contributed by atoms with Gasteiger partial charge in [-0.05, 0) is 42.0 Å². The molecule has 0 radical (unpaired) electrons. The highest BCUT2D eigenvalue weighted by Crippen LogP contribution is 2.33. The van der Waals surface area contributed by atoms with E-state index in [-0.39, 0.29) is 5.82 Å². The molecule has 152 valence electrons. The number of aromatic nitrogens is 3. The van der Waals surface area contributed by atoms with Gasteiger partial charge in [0.2, 0.25) is 0 Å². The maximum atomic E-state index is 13.2. The molecule has 0 aliphatic heterocycles. The minimum Gasteiger partial charge on any atom is -0.497 e. The molecular weight excluding hydrogens is 401 g/mol. The highest BCUT2D eigenvalue weighted by atomic mass is 32.2. The molecule has 1 heterocycles. The summed E-state index contributed by atoms with van der Waals surface area (Å²) in [6.45, 7) is 0. The molecule has 4 aromatic rings. The molecule has 0 amide bonds. The number of rotatable bonds is 7. The minimum atomic E-state index is -0.245. The monoisotopic (exact) mass is 421 g/mol. The highest BCUT2D eigenvalue weighted by molar-refractivity contribution is 7.98. The van der Waals surface area contributed by atoms with Gasteiger partial charge in [0.05, 0.1) is 14.2 Å². The number of hydrogen-bond donors (Lipinski definition) is 0. The number of halogens is 1. The van der Waals surface area contributed by atoms with Gasteiger partial charge in [0.1, 0.15) is 17.3 Å². The van der Waals surface area contributed by atoms with Gasteiger partial charge in [-0.1, -0.05) is 42.1 Å². The highest BCUT2D eigenvalue weighted by Gasteiger charge is 2.18. The van der Waals surface area contributed by atoms with E-state index in [2.05, 4.69) is 10.2 Å². The van der Waals surface area contributed by atoms with Crippen LogP contribution in [0.2, 0.25) is 0 Å². The van der Waals surface area contributed by atoms with Crippen LogP contribution in [0.25, 0.3) is 17.1 Å². The van der Waals surface area contributed by atoms with Crippen molar-refractivity contribution >= 4 is 11.8 Å². The van der Waals surface area contributed by atoms with Gasteiger partial charge in [-0.2, -0.15) is 0 Å². The maximum absolute atomic E-state index is 13.2. The zero-order valence-electron chi connectivity index (χ0n) is 16.6. The molecule has 0 aliphatic rings. The Bertz CT molecular complexity index is 1110. The molecule has 0 saturated carbocycles. The maximum Gasteiger partial charge on any atom is 0.196 e. The fourth-order valence-corrected chi connectivity index (χ4v) is 3.93. The molecule has 7 heteroatoms. The van der Waals surface area contributed by atoms with E-state index in [9.17, 15) is 4.39 Å². The van der Waals surface area contributed by atoms with Gasteiger partial charge >= 0.3 is 0 Å². The molecule has 1 aromatic heterocycles. The van der Waals surface area contributed by atoms with E-state index >= 15 is 0 Å². The van der Waals surface area contributed by atoms with Gasteiger partial charge < -0.3 is 9.47 Å². The molecule has 0 fully saturated rings. The summed E-state index contributed by atoms with van der Waals surface area (Å²) < 4.78 is 26.0. The third-order valence-corrected chi connectivity index (χ3v) is 5.54. The van der Waals surface area contributed by atoms with Crippen LogP contribution < -0.4 is 9.47 Å². The second-order valence-electron chi connectivity index (χ2n) is 6.49. The van der Waals surface area contributed by atoms with E-state index in [1.54, 1.807) is 38.1 Å². The second-order valence-corrected chi connectivity index (χ2v) is 7.44. The molecule has 0 unspecified atom stereocenters. The number of thioether (sulfide) groups is 1. The first-order valence-corrected chi connectivity index (χ1v) is 10.3. The Hall–Kier alpha value is -3.32. The molecule has 0 saturated heterocycles. The van der Waals surface area contributed by atoms with Crippen molar-refractivity contribution in [2.24, 2.45) is 0 Å². The molecule has 30 heavy (non-hydrogen) atoms. The van der Waals surface area contributed by atoms with Crippen molar-refractivity contribution in [3.8, 4) is 28.6 Å². The summed E-state index contributed by atoms with van der Waals surface area (Å²) in [4.78, 5) is 0. The zero-order valence-corrected chi connectivity index (χ0v) is 17.4. The lowest BCUT2D eigenvalue weighted by Gasteiger charge is -2.12. The normalized spacial score (nSPS) is 10.8. The Morgan fingerprint density at radius 2 is 1.53 bits per heavy atom. The van der Waals surface area contributed by atoms with Crippen LogP contribution in [-0.2, 0) is 5.75 Å². The predicted molar refractivity (Wildman–Crippen MR) is 116 cm³/mol. The lowest BCUT2D eigenvalue weighted by molar-refractivity contribution is 0.394. The first-order valence-electron chi connectivity index (χ1n) is 9.29. The summed E-state index contributed by atoms with van der Waals surface area (Å²) in [5.74, 6) is 2.43. The summed E-state index contributed by atoms with van der Waals surface area (Å²) >= 11 is 1.54. The Balaban J connectivity index is 1.75. The Kier molecular flexibility index (Phi) is 5.99. The SMILES string of the molecule is COc1cc(OC)cc(-c2nnc(SCc3ccc(F)cc3)n2-c2ccccc2)c1.